The van der Waals surface area contributed by atoms with Crippen LogP contribution in [0.1, 0.15) is 22.8 Å². The van der Waals surface area contributed by atoms with Gasteiger partial charge in [-0.2, -0.15) is 0 Å². The summed E-state index contributed by atoms with van der Waals surface area (Å²) in [6.07, 6.45) is 0. The smallest absolute Gasteiger partial charge is 0.248 e. The third kappa shape index (κ3) is 3.66. The van der Waals surface area contributed by atoms with Gasteiger partial charge >= 0.3 is 0 Å². The van der Waals surface area contributed by atoms with Gasteiger partial charge in [0.2, 0.25) is 5.91 Å². The number of rotatable bonds is 6. The third-order valence-electron chi connectivity index (χ3n) is 4.01. The minimum atomic E-state index is -0.400. The van der Waals surface area contributed by atoms with Crippen LogP contribution in [0.4, 0.5) is 5.00 Å². The van der Waals surface area contributed by atoms with E-state index in [4.69, 9.17) is 5.73 Å². The van der Waals surface area contributed by atoms with Gasteiger partial charge in [-0.05, 0) is 53.3 Å². The molecule has 0 saturated carbocycles. The zero-order valence-corrected chi connectivity index (χ0v) is 14.4. The van der Waals surface area contributed by atoms with E-state index in [-0.39, 0.29) is 0 Å². The molecule has 0 spiro atoms. The average Bonchev–Trinajstić information content (AvgIpc) is 3.15. The van der Waals surface area contributed by atoms with Gasteiger partial charge in [0.1, 0.15) is 0 Å². The van der Waals surface area contributed by atoms with Gasteiger partial charge in [-0.15, -0.1) is 11.3 Å². The lowest BCUT2D eigenvalue weighted by molar-refractivity contribution is 0.100. The Morgan fingerprint density at radius 2 is 1.83 bits per heavy atom. The van der Waals surface area contributed by atoms with Gasteiger partial charge in [0, 0.05) is 18.7 Å². The van der Waals surface area contributed by atoms with Crippen LogP contribution in [0.15, 0.2) is 66.0 Å². The molecule has 24 heavy (non-hydrogen) atoms. The van der Waals surface area contributed by atoms with Crippen LogP contribution < -0.4 is 10.6 Å². The zero-order valence-electron chi connectivity index (χ0n) is 13.6. The van der Waals surface area contributed by atoms with Crippen molar-refractivity contribution in [2.24, 2.45) is 5.73 Å². The first kappa shape index (κ1) is 16.3. The van der Waals surface area contributed by atoms with Crippen LogP contribution in [-0.2, 0) is 6.54 Å². The summed E-state index contributed by atoms with van der Waals surface area (Å²) in [6, 6.07) is 20.1. The number of amides is 1. The fraction of sp³-hybridized carbons (Fsp3) is 0.150. The van der Waals surface area contributed by atoms with Crippen molar-refractivity contribution in [3.8, 4) is 11.1 Å². The lowest BCUT2D eigenvalue weighted by Crippen LogP contribution is -2.20. The fourth-order valence-corrected chi connectivity index (χ4v) is 3.47. The van der Waals surface area contributed by atoms with Crippen LogP contribution in [0.25, 0.3) is 11.1 Å². The van der Waals surface area contributed by atoms with E-state index in [0.29, 0.717) is 5.56 Å². The normalized spacial score (nSPS) is 10.5. The quantitative estimate of drug-likeness (QED) is 0.718. The van der Waals surface area contributed by atoms with Gasteiger partial charge in [-0.1, -0.05) is 36.4 Å². The Kier molecular flexibility index (Phi) is 4.96. The molecular weight excluding hydrogens is 316 g/mol. The topological polar surface area (TPSA) is 46.3 Å². The monoisotopic (exact) mass is 336 g/mol. The zero-order chi connectivity index (χ0) is 16.9. The van der Waals surface area contributed by atoms with Crippen molar-refractivity contribution in [3.05, 3.63) is 77.2 Å². The molecule has 3 rings (SSSR count). The number of nitrogens with zero attached hydrogens (tertiary/aromatic N) is 1. The first-order valence-electron chi connectivity index (χ1n) is 7.95. The number of hydrogen-bond acceptors (Lipinski definition) is 3. The van der Waals surface area contributed by atoms with E-state index in [9.17, 15) is 4.79 Å². The predicted molar refractivity (Wildman–Crippen MR) is 101 cm³/mol. The summed E-state index contributed by atoms with van der Waals surface area (Å²) in [4.78, 5) is 13.7. The van der Waals surface area contributed by atoms with Crippen molar-refractivity contribution < 1.29 is 4.79 Å². The van der Waals surface area contributed by atoms with E-state index in [2.05, 4.69) is 53.6 Å². The molecule has 2 N–H and O–H groups in total. The molecule has 0 fully saturated rings. The maximum absolute atomic E-state index is 11.3. The highest BCUT2D eigenvalue weighted by Gasteiger charge is 2.07. The molecule has 0 bridgehead atoms. The maximum Gasteiger partial charge on any atom is 0.248 e. The summed E-state index contributed by atoms with van der Waals surface area (Å²) >= 11 is 1.76. The molecular formula is C20H20N2OS. The molecule has 0 atom stereocenters. The molecule has 3 nitrogen and oxygen atoms in total. The van der Waals surface area contributed by atoms with Gasteiger partial charge in [-0.25, -0.2) is 0 Å². The first-order chi connectivity index (χ1) is 11.7. The number of carbonyl (C=O) groups excluding carboxylic acids is 1. The van der Waals surface area contributed by atoms with Crippen LogP contribution in [-0.4, -0.2) is 12.5 Å². The number of anilines is 1. The van der Waals surface area contributed by atoms with E-state index in [1.165, 1.54) is 10.6 Å². The Morgan fingerprint density at radius 1 is 1.04 bits per heavy atom. The van der Waals surface area contributed by atoms with Gasteiger partial charge in [0.05, 0.1) is 5.00 Å². The van der Waals surface area contributed by atoms with Crippen molar-refractivity contribution in [2.45, 2.75) is 13.5 Å². The second kappa shape index (κ2) is 7.32. The fourth-order valence-electron chi connectivity index (χ4n) is 2.67. The second-order valence-electron chi connectivity index (χ2n) is 5.61. The molecule has 1 amide bonds. The Balaban J connectivity index is 1.78. The summed E-state index contributed by atoms with van der Waals surface area (Å²) in [6.45, 7) is 4.03. The predicted octanol–water partition coefficient (Wildman–Crippen LogP) is 4.54. The van der Waals surface area contributed by atoms with Gasteiger partial charge < -0.3 is 10.6 Å². The number of nitrogens with two attached hydrogens (primary N) is 1. The Bertz CT molecular complexity index is 810. The lowest BCUT2D eigenvalue weighted by Gasteiger charge is -2.21. The van der Waals surface area contributed by atoms with E-state index in [0.717, 1.165) is 24.2 Å². The Hall–Kier alpha value is -2.59. The Morgan fingerprint density at radius 3 is 2.46 bits per heavy atom. The number of hydrogen-bond donors (Lipinski definition) is 1. The number of primary amides is 1. The van der Waals surface area contributed by atoms with Gasteiger partial charge in [-0.3, -0.25) is 4.79 Å². The summed E-state index contributed by atoms with van der Waals surface area (Å²) in [5, 5.41) is 3.39. The van der Waals surface area contributed by atoms with E-state index < -0.39 is 5.91 Å². The molecule has 0 aliphatic rings. The maximum atomic E-state index is 11.3. The van der Waals surface area contributed by atoms with Crippen LogP contribution in [0.2, 0.25) is 0 Å². The van der Waals surface area contributed by atoms with Gasteiger partial charge in [0.15, 0.2) is 0 Å². The average molecular weight is 336 g/mol. The lowest BCUT2D eigenvalue weighted by atomic mass is 10.0. The van der Waals surface area contributed by atoms with Gasteiger partial charge in [0.25, 0.3) is 0 Å². The molecule has 1 aromatic heterocycles. The molecule has 122 valence electrons. The third-order valence-corrected chi connectivity index (χ3v) is 4.94. The van der Waals surface area contributed by atoms with E-state index >= 15 is 0 Å². The molecule has 0 aliphatic carbocycles. The van der Waals surface area contributed by atoms with E-state index in [1.807, 2.05) is 18.2 Å². The van der Waals surface area contributed by atoms with Crippen molar-refractivity contribution in [1.29, 1.82) is 0 Å². The SMILES string of the molecule is CCN(Cc1ccc(-c2cccc(C(N)=O)c2)cc1)c1cccs1. The minimum Gasteiger partial charge on any atom is -0.366 e. The molecule has 3 aromatic rings. The Labute approximate surface area is 146 Å². The molecule has 0 aliphatic heterocycles. The summed E-state index contributed by atoms with van der Waals surface area (Å²) < 4.78 is 0. The summed E-state index contributed by atoms with van der Waals surface area (Å²) in [5.74, 6) is -0.400. The summed E-state index contributed by atoms with van der Waals surface area (Å²) in [7, 11) is 0. The molecule has 0 radical (unpaired) electrons. The highest BCUT2D eigenvalue weighted by molar-refractivity contribution is 7.14. The van der Waals surface area contributed by atoms with Crippen molar-refractivity contribution >= 4 is 22.2 Å². The number of carbonyl (C=O) groups is 1. The van der Waals surface area contributed by atoms with Crippen LogP contribution in [0.5, 0.6) is 0 Å². The van der Waals surface area contributed by atoms with Crippen LogP contribution in [0, 0.1) is 0 Å². The second-order valence-corrected chi connectivity index (χ2v) is 6.53. The highest BCUT2D eigenvalue weighted by Crippen LogP contribution is 2.25. The summed E-state index contributed by atoms with van der Waals surface area (Å²) in [5.41, 5.74) is 9.24. The molecule has 0 unspecified atom stereocenters. The van der Waals surface area contributed by atoms with Crippen molar-refractivity contribution in [2.75, 3.05) is 11.4 Å². The molecule has 4 heteroatoms. The van der Waals surface area contributed by atoms with Crippen LogP contribution in [0.3, 0.4) is 0 Å². The minimum absolute atomic E-state index is 0.400. The molecule has 1 heterocycles. The molecule has 0 saturated heterocycles. The first-order valence-corrected chi connectivity index (χ1v) is 8.83. The van der Waals surface area contributed by atoms with Crippen LogP contribution >= 0.6 is 11.3 Å². The highest BCUT2D eigenvalue weighted by atomic mass is 32.1. The molecule has 2 aromatic carbocycles. The largest absolute Gasteiger partial charge is 0.366 e. The number of benzene rings is 2. The standard InChI is InChI=1S/C20H20N2OS/c1-2-22(19-7-4-12-24-19)14-15-8-10-16(11-9-15)17-5-3-6-18(13-17)20(21)23/h3-13H,2,14H2,1H3,(H2,21,23). The number of thiophene rings is 1. The van der Waals surface area contributed by atoms with E-state index in [1.54, 1.807) is 17.4 Å². The van der Waals surface area contributed by atoms with Crippen molar-refractivity contribution in [1.82, 2.24) is 0 Å². The van der Waals surface area contributed by atoms with Crippen molar-refractivity contribution in [3.63, 3.8) is 0 Å².